The fourth-order valence-electron chi connectivity index (χ4n) is 4.84. The Morgan fingerprint density at radius 1 is 1.04 bits per heavy atom. The molecule has 2 atom stereocenters. The van der Waals surface area contributed by atoms with Crippen LogP contribution >= 0.6 is 0 Å². The number of rotatable bonds is 7. The summed E-state index contributed by atoms with van der Waals surface area (Å²) in [5.74, 6) is 3.73. The van der Waals surface area contributed by atoms with Gasteiger partial charge >= 0.3 is 0 Å². The molecule has 2 amide bonds. The van der Waals surface area contributed by atoms with E-state index in [1.807, 2.05) is 11.8 Å². The number of hydrogen-bond acceptors (Lipinski definition) is 4. The molecule has 0 aromatic carbocycles. The van der Waals surface area contributed by atoms with Crippen LogP contribution in [0.15, 0.2) is 0 Å². The van der Waals surface area contributed by atoms with E-state index in [0.29, 0.717) is 30.0 Å². The van der Waals surface area contributed by atoms with Crippen LogP contribution in [0.25, 0.3) is 0 Å². The number of nitrogens with one attached hydrogen (secondary N) is 1. The molecule has 1 saturated carbocycles. The van der Waals surface area contributed by atoms with E-state index in [1.54, 1.807) is 0 Å². The molecule has 0 radical (unpaired) electrons. The van der Waals surface area contributed by atoms with Gasteiger partial charge in [-0.2, -0.15) is 5.10 Å². The molecule has 7 heteroatoms. The Bertz CT molecular complexity index is 699. The number of hydrogen-bond donors (Lipinski definition) is 1. The summed E-state index contributed by atoms with van der Waals surface area (Å²) in [5.41, 5.74) is 0. The van der Waals surface area contributed by atoms with Crippen LogP contribution in [0, 0.1) is 24.7 Å². The van der Waals surface area contributed by atoms with E-state index in [9.17, 15) is 9.59 Å². The highest BCUT2D eigenvalue weighted by atomic mass is 16.2. The zero-order chi connectivity index (χ0) is 19.5. The van der Waals surface area contributed by atoms with Crippen LogP contribution < -0.4 is 0 Å². The first kappa shape index (κ1) is 19.4. The predicted molar refractivity (Wildman–Crippen MR) is 105 cm³/mol. The van der Waals surface area contributed by atoms with Gasteiger partial charge in [0.1, 0.15) is 5.82 Å². The summed E-state index contributed by atoms with van der Waals surface area (Å²) in [6.45, 7) is 5.27. The summed E-state index contributed by atoms with van der Waals surface area (Å²) in [6.07, 6.45) is 9.31. The lowest BCUT2D eigenvalue weighted by Gasteiger charge is -2.35. The topological polar surface area (TPSA) is 82.2 Å². The standard InChI is InChI=1S/C21H33N5O2/c1-15-22-19(24-23-15)12-21(28)25-10-3-5-17(13-25)18-9-11-26(14-18)20(27)6-2-4-16-7-8-16/h16-18H,2-14H2,1H3,(H,22,23,24). The van der Waals surface area contributed by atoms with Gasteiger partial charge < -0.3 is 9.80 Å². The van der Waals surface area contributed by atoms with Crippen molar-refractivity contribution >= 4 is 11.8 Å². The van der Waals surface area contributed by atoms with Gasteiger partial charge in [0.15, 0.2) is 5.82 Å². The second-order valence-corrected chi connectivity index (χ2v) is 8.98. The number of nitrogens with zero attached hydrogens (tertiary/aromatic N) is 4. The van der Waals surface area contributed by atoms with Gasteiger partial charge in [-0.25, -0.2) is 4.98 Å². The summed E-state index contributed by atoms with van der Waals surface area (Å²) >= 11 is 0. The molecular weight excluding hydrogens is 354 g/mol. The number of amides is 2. The molecule has 2 aliphatic heterocycles. The Morgan fingerprint density at radius 2 is 1.79 bits per heavy atom. The van der Waals surface area contributed by atoms with Gasteiger partial charge in [0.05, 0.1) is 6.42 Å². The van der Waals surface area contributed by atoms with Crippen molar-refractivity contribution in [2.75, 3.05) is 26.2 Å². The van der Waals surface area contributed by atoms with Crippen molar-refractivity contribution in [1.82, 2.24) is 25.0 Å². The van der Waals surface area contributed by atoms with Crippen LogP contribution in [0.2, 0.25) is 0 Å². The predicted octanol–water partition coefficient (Wildman–Crippen LogP) is 2.32. The van der Waals surface area contributed by atoms with Crippen molar-refractivity contribution in [2.24, 2.45) is 17.8 Å². The normalized spacial score (nSPS) is 25.3. The van der Waals surface area contributed by atoms with Crippen molar-refractivity contribution < 1.29 is 9.59 Å². The second kappa shape index (κ2) is 8.62. The third-order valence-corrected chi connectivity index (χ3v) is 6.71. The molecule has 1 aliphatic carbocycles. The number of aromatic nitrogens is 3. The number of aryl methyl sites for hydroxylation is 1. The summed E-state index contributed by atoms with van der Waals surface area (Å²) in [5, 5.41) is 6.89. The Labute approximate surface area is 167 Å². The number of likely N-dealkylation sites (tertiary alicyclic amines) is 2. The first-order chi connectivity index (χ1) is 13.6. The average molecular weight is 388 g/mol. The summed E-state index contributed by atoms with van der Waals surface area (Å²) in [7, 11) is 0. The third kappa shape index (κ3) is 4.92. The lowest BCUT2D eigenvalue weighted by atomic mass is 9.85. The van der Waals surface area contributed by atoms with Crippen LogP contribution in [-0.2, 0) is 16.0 Å². The molecule has 3 fully saturated rings. The van der Waals surface area contributed by atoms with E-state index in [1.165, 1.54) is 19.3 Å². The number of piperidine rings is 1. The van der Waals surface area contributed by atoms with E-state index in [2.05, 4.69) is 20.1 Å². The first-order valence-electron chi connectivity index (χ1n) is 11.0. The molecule has 1 aromatic heterocycles. The Kier molecular flexibility index (Phi) is 5.97. The maximum atomic E-state index is 12.7. The van der Waals surface area contributed by atoms with E-state index in [0.717, 1.165) is 63.6 Å². The highest BCUT2D eigenvalue weighted by Crippen LogP contribution is 2.34. The average Bonchev–Trinajstić information content (AvgIpc) is 3.22. The molecular formula is C21H33N5O2. The zero-order valence-electron chi connectivity index (χ0n) is 17.0. The highest BCUT2D eigenvalue weighted by molar-refractivity contribution is 5.78. The van der Waals surface area contributed by atoms with Gasteiger partial charge in [0.25, 0.3) is 0 Å². The lowest BCUT2D eigenvalue weighted by molar-refractivity contribution is -0.133. The Balaban J connectivity index is 1.23. The molecule has 154 valence electrons. The molecule has 7 nitrogen and oxygen atoms in total. The lowest BCUT2D eigenvalue weighted by Crippen LogP contribution is -2.43. The van der Waals surface area contributed by atoms with E-state index in [-0.39, 0.29) is 12.3 Å². The molecule has 4 rings (SSSR count). The minimum Gasteiger partial charge on any atom is -0.342 e. The molecule has 0 spiro atoms. The quantitative estimate of drug-likeness (QED) is 0.778. The molecule has 1 aromatic rings. The van der Waals surface area contributed by atoms with Crippen LogP contribution in [0.4, 0.5) is 0 Å². The number of H-pyrrole nitrogens is 1. The van der Waals surface area contributed by atoms with Crippen LogP contribution in [-0.4, -0.2) is 63.0 Å². The van der Waals surface area contributed by atoms with Gasteiger partial charge in [-0.3, -0.25) is 14.7 Å². The minimum atomic E-state index is 0.120. The van der Waals surface area contributed by atoms with Gasteiger partial charge in [-0.05, 0) is 56.8 Å². The van der Waals surface area contributed by atoms with Crippen molar-refractivity contribution in [1.29, 1.82) is 0 Å². The van der Waals surface area contributed by atoms with E-state index in [4.69, 9.17) is 0 Å². The van der Waals surface area contributed by atoms with Gasteiger partial charge in [0, 0.05) is 32.6 Å². The zero-order valence-corrected chi connectivity index (χ0v) is 17.0. The second-order valence-electron chi connectivity index (χ2n) is 8.98. The Morgan fingerprint density at radius 3 is 2.50 bits per heavy atom. The smallest absolute Gasteiger partial charge is 0.230 e. The minimum absolute atomic E-state index is 0.120. The van der Waals surface area contributed by atoms with Crippen molar-refractivity contribution in [3.8, 4) is 0 Å². The maximum absolute atomic E-state index is 12.7. The summed E-state index contributed by atoms with van der Waals surface area (Å²) in [6, 6.07) is 0. The first-order valence-corrected chi connectivity index (χ1v) is 11.0. The number of carbonyl (C=O) groups is 2. The Hall–Kier alpha value is -1.92. The molecule has 3 heterocycles. The largest absolute Gasteiger partial charge is 0.342 e. The van der Waals surface area contributed by atoms with Gasteiger partial charge in [0.2, 0.25) is 11.8 Å². The maximum Gasteiger partial charge on any atom is 0.230 e. The van der Waals surface area contributed by atoms with Crippen molar-refractivity contribution in [2.45, 2.75) is 64.7 Å². The van der Waals surface area contributed by atoms with Gasteiger partial charge in [-0.15, -0.1) is 0 Å². The molecule has 3 aliphatic rings. The number of aromatic amines is 1. The van der Waals surface area contributed by atoms with E-state index < -0.39 is 0 Å². The van der Waals surface area contributed by atoms with E-state index >= 15 is 0 Å². The van der Waals surface area contributed by atoms with Crippen molar-refractivity contribution in [3.05, 3.63) is 11.6 Å². The van der Waals surface area contributed by atoms with Gasteiger partial charge in [-0.1, -0.05) is 12.8 Å². The summed E-state index contributed by atoms with van der Waals surface area (Å²) in [4.78, 5) is 33.5. The monoisotopic (exact) mass is 387 g/mol. The molecule has 1 N–H and O–H groups in total. The van der Waals surface area contributed by atoms with Crippen molar-refractivity contribution in [3.63, 3.8) is 0 Å². The van der Waals surface area contributed by atoms with Crippen LogP contribution in [0.5, 0.6) is 0 Å². The molecule has 28 heavy (non-hydrogen) atoms. The molecule has 2 saturated heterocycles. The van der Waals surface area contributed by atoms with Crippen LogP contribution in [0.3, 0.4) is 0 Å². The summed E-state index contributed by atoms with van der Waals surface area (Å²) < 4.78 is 0. The molecule has 0 bridgehead atoms. The third-order valence-electron chi connectivity index (χ3n) is 6.71. The number of carbonyl (C=O) groups excluding carboxylic acids is 2. The van der Waals surface area contributed by atoms with Crippen LogP contribution in [0.1, 0.15) is 63.0 Å². The fourth-order valence-corrected chi connectivity index (χ4v) is 4.84. The molecule has 2 unspecified atom stereocenters. The SMILES string of the molecule is Cc1nc(CC(=O)N2CCCC(C3CCN(C(=O)CCCC4CC4)C3)C2)n[nH]1. The highest BCUT2D eigenvalue weighted by Gasteiger charge is 2.35. The fraction of sp³-hybridized carbons (Fsp3) is 0.810.